The quantitative estimate of drug-likeness (QED) is 0.511. The number of H-pyrrole nitrogens is 1. The van der Waals surface area contributed by atoms with Crippen molar-refractivity contribution in [3.8, 4) is 17.1 Å². The molecule has 2 heterocycles. The fraction of sp³-hybridized carbons (Fsp3) is 0.435. The molecule has 5 nitrogen and oxygen atoms in total. The van der Waals surface area contributed by atoms with E-state index in [1.54, 1.807) is 0 Å². The van der Waals surface area contributed by atoms with E-state index >= 15 is 0 Å². The minimum absolute atomic E-state index is 0.620. The van der Waals surface area contributed by atoms with E-state index in [2.05, 4.69) is 28.8 Å². The molecule has 0 saturated carbocycles. The highest BCUT2D eigenvalue weighted by Gasteiger charge is 2.14. The highest BCUT2D eigenvalue weighted by molar-refractivity contribution is 6.33. The lowest BCUT2D eigenvalue weighted by atomic mass is 10.1. The molecule has 2 aromatic carbocycles. The Balaban J connectivity index is 1.39. The molecule has 1 fully saturated rings. The van der Waals surface area contributed by atoms with Gasteiger partial charge in [-0.1, -0.05) is 30.1 Å². The number of aryl methyl sites for hydroxylation is 1. The standard InChI is InChI=1S/C23H28Cl2N4O/c1-3-16-13-17(24)14-21-22(16)27-23(26-21)19-6-5-18(15-20(19)25)30-12-4-7-29-10-8-28(2)9-11-29/h5-6,13-15H,3-4,7-12H2,1-2H3,(H,26,27). The molecule has 1 aliphatic heterocycles. The number of nitrogens with one attached hydrogen (secondary N) is 1. The Labute approximate surface area is 187 Å². The van der Waals surface area contributed by atoms with Gasteiger partial charge in [0.2, 0.25) is 0 Å². The molecule has 7 heteroatoms. The van der Waals surface area contributed by atoms with Crippen LogP contribution in [0.2, 0.25) is 10.0 Å². The van der Waals surface area contributed by atoms with Crippen LogP contribution in [0.4, 0.5) is 0 Å². The zero-order valence-corrected chi connectivity index (χ0v) is 19.1. The predicted octanol–water partition coefficient (Wildman–Crippen LogP) is 5.12. The second-order valence-corrected chi connectivity index (χ2v) is 8.73. The monoisotopic (exact) mass is 446 g/mol. The first-order valence-electron chi connectivity index (χ1n) is 10.5. The van der Waals surface area contributed by atoms with Crippen LogP contribution >= 0.6 is 23.2 Å². The van der Waals surface area contributed by atoms with E-state index in [0.29, 0.717) is 16.7 Å². The number of fused-ring (bicyclic) bond motifs is 1. The second-order valence-electron chi connectivity index (χ2n) is 7.89. The minimum Gasteiger partial charge on any atom is -0.493 e. The SMILES string of the molecule is CCc1cc(Cl)cc2[nH]c(-c3ccc(OCCCN4CCN(C)CC4)cc3Cl)nc12. The summed E-state index contributed by atoms with van der Waals surface area (Å²) in [5.74, 6) is 1.53. The Kier molecular flexibility index (Phi) is 6.84. The van der Waals surface area contributed by atoms with E-state index in [9.17, 15) is 0 Å². The molecule has 0 radical (unpaired) electrons. The second kappa shape index (κ2) is 9.56. The number of hydrogen-bond donors (Lipinski definition) is 1. The van der Waals surface area contributed by atoms with Crippen molar-refractivity contribution in [2.24, 2.45) is 0 Å². The van der Waals surface area contributed by atoms with Gasteiger partial charge in [0, 0.05) is 43.3 Å². The maximum atomic E-state index is 6.57. The van der Waals surface area contributed by atoms with Gasteiger partial charge >= 0.3 is 0 Å². The number of aromatic nitrogens is 2. The maximum Gasteiger partial charge on any atom is 0.140 e. The molecule has 0 bridgehead atoms. The van der Waals surface area contributed by atoms with Gasteiger partial charge in [-0.05, 0) is 55.8 Å². The van der Waals surface area contributed by atoms with Crippen molar-refractivity contribution in [2.75, 3.05) is 46.4 Å². The molecule has 160 valence electrons. The van der Waals surface area contributed by atoms with Gasteiger partial charge in [-0.25, -0.2) is 4.98 Å². The van der Waals surface area contributed by atoms with E-state index in [-0.39, 0.29) is 0 Å². The molecule has 0 amide bonds. The molecular weight excluding hydrogens is 419 g/mol. The average Bonchev–Trinajstić information content (AvgIpc) is 3.15. The summed E-state index contributed by atoms with van der Waals surface area (Å²) >= 11 is 12.8. The third kappa shape index (κ3) is 4.92. The molecular formula is C23H28Cl2N4O. The number of likely N-dealkylation sites (N-methyl/N-ethyl adjacent to an activating group) is 1. The first-order valence-corrected chi connectivity index (χ1v) is 11.3. The topological polar surface area (TPSA) is 44.4 Å². The molecule has 1 aromatic heterocycles. The first-order chi connectivity index (χ1) is 14.5. The van der Waals surface area contributed by atoms with Crippen molar-refractivity contribution in [3.05, 3.63) is 45.9 Å². The Bertz CT molecular complexity index is 1010. The molecule has 1 N–H and O–H groups in total. The lowest BCUT2D eigenvalue weighted by Crippen LogP contribution is -2.44. The Morgan fingerprint density at radius 2 is 1.90 bits per heavy atom. The van der Waals surface area contributed by atoms with Crippen molar-refractivity contribution in [2.45, 2.75) is 19.8 Å². The fourth-order valence-corrected chi connectivity index (χ4v) is 4.38. The lowest BCUT2D eigenvalue weighted by Gasteiger charge is -2.32. The van der Waals surface area contributed by atoms with Crippen molar-refractivity contribution in [1.29, 1.82) is 0 Å². The van der Waals surface area contributed by atoms with E-state index in [1.807, 2.05) is 30.3 Å². The number of ether oxygens (including phenoxy) is 1. The number of imidazole rings is 1. The van der Waals surface area contributed by atoms with Crippen molar-refractivity contribution in [3.63, 3.8) is 0 Å². The molecule has 0 unspecified atom stereocenters. The summed E-state index contributed by atoms with van der Waals surface area (Å²) in [5, 5.41) is 1.33. The van der Waals surface area contributed by atoms with Crippen molar-refractivity contribution < 1.29 is 4.74 Å². The van der Waals surface area contributed by atoms with Crippen LogP contribution in [0.3, 0.4) is 0 Å². The predicted molar refractivity (Wildman–Crippen MR) is 125 cm³/mol. The van der Waals surface area contributed by atoms with E-state index in [0.717, 1.165) is 79.3 Å². The van der Waals surface area contributed by atoms with Crippen LogP contribution in [-0.2, 0) is 6.42 Å². The summed E-state index contributed by atoms with van der Waals surface area (Å²) in [6, 6.07) is 9.65. The highest BCUT2D eigenvalue weighted by Crippen LogP contribution is 2.32. The van der Waals surface area contributed by atoms with E-state index < -0.39 is 0 Å². The number of halogens is 2. The molecule has 1 saturated heterocycles. The molecule has 0 spiro atoms. The van der Waals surface area contributed by atoms with Crippen LogP contribution in [-0.4, -0.2) is 66.1 Å². The molecule has 1 aliphatic rings. The van der Waals surface area contributed by atoms with Crippen molar-refractivity contribution in [1.82, 2.24) is 19.8 Å². The minimum atomic E-state index is 0.620. The molecule has 3 aromatic rings. The highest BCUT2D eigenvalue weighted by atomic mass is 35.5. The third-order valence-corrected chi connectivity index (χ3v) is 6.22. The van der Waals surface area contributed by atoms with Gasteiger partial charge in [-0.3, -0.25) is 0 Å². The van der Waals surface area contributed by atoms with Gasteiger partial charge in [0.25, 0.3) is 0 Å². The zero-order valence-electron chi connectivity index (χ0n) is 17.5. The summed E-state index contributed by atoms with van der Waals surface area (Å²) in [7, 11) is 2.18. The summed E-state index contributed by atoms with van der Waals surface area (Å²) in [4.78, 5) is 13.0. The smallest absolute Gasteiger partial charge is 0.140 e. The molecule has 30 heavy (non-hydrogen) atoms. The van der Waals surface area contributed by atoms with Crippen LogP contribution in [0.15, 0.2) is 30.3 Å². The lowest BCUT2D eigenvalue weighted by molar-refractivity contribution is 0.145. The normalized spacial score (nSPS) is 15.7. The Hall–Kier alpha value is -1.79. The molecule has 0 atom stereocenters. The van der Waals surface area contributed by atoms with Crippen molar-refractivity contribution >= 4 is 34.2 Å². The number of hydrogen-bond acceptors (Lipinski definition) is 4. The average molecular weight is 447 g/mol. The largest absolute Gasteiger partial charge is 0.493 e. The van der Waals surface area contributed by atoms with E-state index in [1.165, 1.54) is 0 Å². The van der Waals surface area contributed by atoms with Crippen LogP contribution < -0.4 is 4.74 Å². The third-order valence-electron chi connectivity index (χ3n) is 5.69. The van der Waals surface area contributed by atoms with Gasteiger partial charge in [0.15, 0.2) is 0 Å². The zero-order chi connectivity index (χ0) is 21.1. The van der Waals surface area contributed by atoms with Gasteiger partial charge < -0.3 is 19.5 Å². The van der Waals surface area contributed by atoms with Crippen LogP contribution in [0, 0.1) is 0 Å². The van der Waals surface area contributed by atoms with Crippen LogP contribution in [0.25, 0.3) is 22.4 Å². The summed E-state index contributed by atoms with van der Waals surface area (Å²) in [6.07, 6.45) is 1.88. The van der Waals surface area contributed by atoms with E-state index in [4.69, 9.17) is 32.9 Å². The van der Waals surface area contributed by atoms with Gasteiger partial charge in [0.1, 0.15) is 11.6 Å². The number of aromatic amines is 1. The number of nitrogens with zero attached hydrogens (tertiary/aromatic N) is 3. The Morgan fingerprint density at radius 1 is 1.10 bits per heavy atom. The maximum absolute atomic E-state index is 6.57. The number of benzene rings is 2. The van der Waals surface area contributed by atoms with Crippen LogP contribution in [0.5, 0.6) is 5.75 Å². The summed E-state index contributed by atoms with van der Waals surface area (Å²) in [5.41, 5.74) is 3.85. The summed E-state index contributed by atoms with van der Waals surface area (Å²) < 4.78 is 5.93. The number of rotatable bonds is 7. The molecule has 4 rings (SSSR count). The fourth-order valence-electron chi connectivity index (χ4n) is 3.87. The first kappa shape index (κ1) is 21.4. The number of piperazine rings is 1. The van der Waals surface area contributed by atoms with Gasteiger partial charge in [-0.2, -0.15) is 0 Å². The van der Waals surface area contributed by atoms with Gasteiger partial charge in [-0.15, -0.1) is 0 Å². The van der Waals surface area contributed by atoms with Crippen LogP contribution in [0.1, 0.15) is 18.9 Å². The Morgan fingerprint density at radius 3 is 2.63 bits per heavy atom. The van der Waals surface area contributed by atoms with Gasteiger partial charge in [0.05, 0.1) is 22.7 Å². The summed E-state index contributed by atoms with van der Waals surface area (Å²) in [6.45, 7) is 8.42. The molecule has 0 aliphatic carbocycles.